The van der Waals surface area contributed by atoms with Crippen molar-refractivity contribution in [3.05, 3.63) is 109 Å². The Kier molecular flexibility index (Phi) is 3.88. The fraction of sp³-hybridized carbons (Fsp3) is 0. The molecule has 0 aliphatic heterocycles. The van der Waals surface area contributed by atoms with Crippen LogP contribution in [0.15, 0.2) is 108 Å². The van der Waals surface area contributed by atoms with E-state index in [0.29, 0.717) is 5.69 Å². The van der Waals surface area contributed by atoms with Gasteiger partial charge in [0.05, 0.1) is 16.4 Å². The topological polar surface area (TPSA) is 54.8 Å². The summed E-state index contributed by atoms with van der Waals surface area (Å²) in [4.78, 5) is 4.25. The Bertz CT molecular complexity index is 1930. The normalized spacial score (nSPS) is 11.5. The van der Waals surface area contributed by atoms with Gasteiger partial charge in [0.25, 0.3) is 0 Å². The minimum Gasteiger partial charge on any atom is -0.456 e. The number of hydrogen-bond donors (Lipinski definition) is 0. The molecule has 0 spiro atoms. The van der Waals surface area contributed by atoms with Crippen molar-refractivity contribution in [3.8, 4) is 22.9 Å². The lowest BCUT2D eigenvalue weighted by Crippen LogP contribution is -1.95. The highest BCUT2D eigenvalue weighted by atomic mass is 16.3. The van der Waals surface area contributed by atoms with E-state index in [4.69, 9.17) is 4.42 Å². The molecule has 0 amide bonds. The molecule has 4 aromatic carbocycles. The van der Waals surface area contributed by atoms with E-state index in [9.17, 15) is 5.26 Å². The fourth-order valence-corrected chi connectivity index (χ4v) is 5.07. The second-order valence-electron chi connectivity index (χ2n) is 8.35. The number of hydrogen-bond acceptors (Lipinski definition) is 3. The zero-order valence-corrected chi connectivity index (χ0v) is 18.1. The average Bonchev–Trinajstić information content (AvgIpc) is 3.44. The molecule has 0 aliphatic rings. The molecule has 4 heteroatoms. The predicted molar refractivity (Wildman–Crippen MR) is 136 cm³/mol. The standard InChI is InChI=1S/C30H17N3O/c31-18-25-21(11-6-16-32-25)19-7-5-8-20(17-19)33-26-12-3-1-9-22(26)23-14-15-28-29(30(23)33)24-10-2-4-13-27(24)34-28/h1-17H. The van der Waals surface area contributed by atoms with Crippen LogP contribution in [0, 0.1) is 11.3 Å². The van der Waals surface area contributed by atoms with Gasteiger partial charge in [-0.2, -0.15) is 5.26 Å². The molecule has 0 bridgehead atoms. The molecular weight excluding hydrogens is 418 g/mol. The lowest BCUT2D eigenvalue weighted by Gasteiger charge is -2.11. The van der Waals surface area contributed by atoms with Crippen molar-refractivity contribution in [2.75, 3.05) is 0 Å². The van der Waals surface area contributed by atoms with Crippen molar-refractivity contribution in [3.63, 3.8) is 0 Å². The predicted octanol–water partition coefficient (Wildman–Crippen LogP) is 7.62. The molecule has 7 rings (SSSR count). The van der Waals surface area contributed by atoms with Crippen molar-refractivity contribution in [2.45, 2.75) is 0 Å². The maximum Gasteiger partial charge on any atom is 0.148 e. The number of benzene rings is 4. The van der Waals surface area contributed by atoms with Gasteiger partial charge in [-0.1, -0.05) is 48.5 Å². The number of aromatic nitrogens is 2. The van der Waals surface area contributed by atoms with Gasteiger partial charge in [0, 0.05) is 33.6 Å². The summed E-state index contributed by atoms with van der Waals surface area (Å²) in [5.41, 5.74) is 7.22. The van der Waals surface area contributed by atoms with Crippen molar-refractivity contribution in [1.82, 2.24) is 9.55 Å². The van der Waals surface area contributed by atoms with Gasteiger partial charge in [-0.3, -0.25) is 0 Å². The van der Waals surface area contributed by atoms with E-state index in [1.165, 1.54) is 10.8 Å². The van der Waals surface area contributed by atoms with Crippen LogP contribution in [0.25, 0.3) is 60.6 Å². The molecule has 0 unspecified atom stereocenters. The van der Waals surface area contributed by atoms with E-state index >= 15 is 0 Å². The summed E-state index contributed by atoms with van der Waals surface area (Å²) in [5.74, 6) is 0. The lowest BCUT2D eigenvalue weighted by atomic mass is 10.0. The van der Waals surface area contributed by atoms with Gasteiger partial charge < -0.3 is 8.98 Å². The summed E-state index contributed by atoms with van der Waals surface area (Å²) in [5, 5.41) is 14.2. The first-order chi connectivity index (χ1) is 16.8. The third-order valence-corrected chi connectivity index (χ3v) is 6.50. The number of rotatable bonds is 2. The van der Waals surface area contributed by atoms with Crippen LogP contribution in [0.3, 0.4) is 0 Å². The fourth-order valence-electron chi connectivity index (χ4n) is 5.07. The molecule has 0 saturated heterocycles. The Morgan fingerprint density at radius 1 is 0.735 bits per heavy atom. The molecule has 4 nitrogen and oxygen atoms in total. The number of furan rings is 1. The van der Waals surface area contributed by atoms with E-state index in [0.717, 1.165) is 49.8 Å². The van der Waals surface area contributed by atoms with Crippen LogP contribution in [0.1, 0.15) is 5.69 Å². The van der Waals surface area contributed by atoms with Crippen molar-refractivity contribution in [2.24, 2.45) is 0 Å². The minimum atomic E-state index is 0.421. The van der Waals surface area contributed by atoms with Crippen LogP contribution in [-0.4, -0.2) is 9.55 Å². The summed E-state index contributed by atoms with van der Waals surface area (Å²) in [6.07, 6.45) is 1.65. The van der Waals surface area contributed by atoms with Gasteiger partial charge in [-0.15, -0.1) is 0 Å². The minimum absolute atomic E-state index is 0.421. The van der Waals surface area contributed by atoms with Gasteiger partial charge in [0.2, 0.25) is 0 Å². The Morgan fingerprint density at radius 3 is 2.50 bits per heavy atom. The number of nitrogens with zero attached hydrogens (tertiary/aromatic N) is 3. The molecule has 34 heavy (non-hydrogen) atoms. The molecular formula is C30H17N3O. The second-order valence-corrected chi connectivity index (χ2v) is 8.35. The maximum atomic E-state index is 9.58. The number of fused-ring (bicyclic) bond motifs is 7. The van der Waals surface area contributed by atoms with Gasteiger partial charge in [0.1, 0.15) is 22.9 Å². The zero-order chi connectivity index (χ0) is 22.6. The molecule has 7 aromatic rings. The highest BCUT2D eigenvalue weighted by molar-refractivity contribution is 6.24. The van der Waals surface area contributed by atoms with E-state index in [1.54, 1.807) is 6.20 Å². The second kappa shape index (κ2) is 7.06. The molecule has 3 aromatic heterocycles. The SMILES string of the molecule is N#Cc1ncccc1-c1cccc(-n2c3ccccc3c3ccc4oc5ccccc5c4c32)c1. The molecule has 0 aliphatic carbocycles. The Hall–Kier alpha value is -4.88. The quantitative estimate of drug-likeness (QED) is 0.281. The number of nitriles is 1. The lowest BCUT2D eigenvalue weighted by molar-refractivity contribution is 0.669. The van der Waals surface area contributed by atoms with Crippen LogP contribution < -0.4 is 0 Å². The van der Waals surface area contributed by atoms with Crippen LogP contribution in [-0.2, 0) is 0 Å². The van der Waals surface area contributed by atoms with Gasteiger partial charge in [-0.05, 0) is 54.1 Å². The van der Waals surface area contributed by atoms with E-state index < -0.39 is 0 Å². The summed E-state index contributed by atoms with van der Waals surface area (Å²) in [6.45, 7) is 0. The summed E-state index contributed by atoms with van der Waals surface area (Å²) < 4.78 is 8.52. The van der Waals surface area contributed by atoms with Gasteiger partial charge in [0.15, 0.2) is 0 Å². The Balaban J connectivity index is 1.63. The first kappa shape index (κ1) is 18.7. The third kappa shape index (κ3) is 2.55. The average molecular weight is 435 g/mol. The van der Waals surface area contributed by atoms with Crippen LogP contribution in [0.2, 0.25) is 0 Å². The van der Waals surface area contributed by atoms with Gasteiger partial charge in [-0.25, -0.2) is 4.98 Å². The van der Waals surface area contributed by atoms with Crippen molar-refractivity contribution < 1.29 is 4.42 Å². The van der Waals surface area contributed by atoms with Crippen LogP contribution in [0.4, 0.5) is 0 Å². The molecule has 0 saturated carbocycles. The zero-order valence-electron chi connectivity index (χ0n) is 18.1. The van der Waals surface area contributed by atoms with E-state index in [1.807, 2.05) is 36.4 Å². The highest BCUT2D eigenvalue weighted by Crippen LogP contribution is 2.41. The molecule has 158 valence electrons. The van der Waals surface area contributed by atoms with Crippen molar-refractivity contribution >= 4 is 43.7 Å². The van der Waals surface area contributed by atoms with Crippen LogP contribution in [0.5, 0.6) is 0 Å². The summed E-state index contributed by atoms with van der Waals surface area (Å²) in [7, 11) is 0. The first-order valence-corrected chi connectivity index (χ1v) is 11.1. The molecule has 0 fully saturated rings. The Labute approximate surface area is 194 Å². The maximum absolute atomic E-state index is 9.58. The Morgan fingerprint density at radius 2 is 1.59 bits per heavy atom. The van der Waals surface area contributed by atoms with Crippen molar-refractivity contribution in [1.29, 1.82) is 5.26 Å². The van der Waals surface area contributed by atoms with Gasteiger partial charge >= 0.3 is 0 Å². The molecule has 3 heterocycles. The molecule has 0 atom stereocenters. The largest absolute Gasteiger partial charge is 0.456 e. The summed E-state index contributed by atoms with van der Waals surface area (Å²) in [6, 6.07) is 35.2. The highest BCUT2D eigenvalue weighted by Gasteiger charge is 2.19. The first-order valence-electron chi connectivity index (χ1n) is 11.1. The monoisotopic (exact) mass is 435 g/mol. The third-order valence-electron chi connectivity index (χ3n) is 6.50. The van der Waals surface area contributed by atoms with E-state index in [-0.39, 0.29) is 0 Å². The molecule has 0 radical (unpaired) electrons. The molecule has 0 N–H and O–H groups in total. The number of pyridine rings is 1. The summed E-state index contributed by atoms with van der Waals surface area (Å²) >= 11 is 0. The smallest absolute Gasteiger partial charge is 0.148 e. The van der Waals surface area contributed by atoms with Crippen LogP contribution >= 0.6 is 0 Å². The van der Waals surface area contributed by atoms with E-state index in [2.05, 4.69) is 76.3 Å². The number of para-hydroxylation sites is 2.